The lowest BCUT2D eigenvalue weighted by molar-refractivity contribution is -0.365. The van der Waals surface area contributed by atoms with Gasteiger partial charge in [-0.05, 0) is 12.1 Å². The van der Waals surface area contributed by atoms with E-state index in [2.05, 4.69) is 0 Å². The minimum atomic E-state index is -4.11. The smallest absolute Gasteiger partial charge is 0.329 e. The van der Waals surface area contributed by atoms with E-state index in [0.717, 1.165) is 7.05 Å². The van der Waals surface area contributed by atoms with Crippen molar-refractivity contribution in [2.24, 2.45) is 0 Å². The van der Waals surface area contributed by atoms with Crippen LogP contribution in [0.1, 0.15) is 0 Å². The highest BCUT2D eigenvalue weighted by Gasteiger charge is 2.36. The topological polar surface area (TPSA) is 98.1 Å². The first-order valence-electron chi connectivity index (χ1n) is 3.97. The van der Waals surface area contributed by atoms with E-state index < -0.39 is 16.1 Å². The highest BCUT2D eigenvalue weighted by atomic mass is 32.2. The minimum absolute atomic E-state index is 0.0509. The second-order valence-electron chi connectivity index (χ2n) is 2.89. The first-order chi connectivity index (χ1) is 6.76. The van der Waals surface area contributed by atoms with Crippen molar-refractivity contribution in [2.75, 3.05) is 7.05 Å². The molecular formula is C8H11NO5S. The van der Waals surface area contributed by atoms with Gasteiger partial charge in [0.15, 0.2) is 0 Å². The van der Waals surface area contributed by atoms with Crippen LogP contribution in [0.4, 0.5) is 0 Å². The summed E-state index contributed by atoms with van der Waals surface area (Å²) in [5.41, 5.74) is 0. The number of aliphatic hydroxyl groups is 3. The molecule has 0 amide bonds. The second kappa shape index (κ2) is 3.87. The molecular weight excluding hydrogens is 222 g/mol. The maximum atomic E-state index is 11.6. The molecule has 0 aliphatic heterocycles. The van der Waals surface area contributed by atoms with E-state index in [1.54, 1.807) is 6.07 Å². The summed E-state index contributed by atoms with van der Waals surface area (Å²) >= 11 is 0. The van der Waals surface area contributed by atoms with E-state index in [9.17, 15) is 8.42 Å². The third-order valence-electron chi connectivity index (χ3n) is 1.82. The van der Waals surface area contributed by atoms with Gasteiger partial charge in [-0.15, -0.1) is 4.31 Å². The molecule has 1 aromatic carbocycles. The summed E-state index contributed by atoms with van der Waals surface area (Å²) in [6.45, 7) is 0. The van der Waals surface area contributed by atoms with Crippen LogP contribution >= 0.6 is 0 Å². The van der Waals surface area contributed by atoms with Crippen LogP contribution in [0.5, 0.6) is 0 Å². The van der Waals surface area contributed by atoms with Crippen molar-refractivity contribution in [1.82, 2.24) is 4.31 Å². The van der Waals surface area contributed by atoms with Gasteiger partial charge in [0.25, 0.3) is 0 Å². The fraction of sp³-hybridized carbons (Fsp3) is 0.250. The van der Waals surface area contributed by atoms with Crippen LogP contribution < -0.4 is 0 Å². The van der Waals surface area contributed by atoms with Crippen LogP contribution in [0.25, 0.3) is 0 Å². The molecule has 0 aliphatic rings. The predicted octanol–water partition coefficient (Wildman–Crippen LogP) is -1.10. The Bertz CT molecular complexity index is 422. The average Bonchev–Trinajstić information content (AvgIpc) is 2.16. The Morgan fingerprint density at radius 2 is 1.60 bits per heavy atom. The predicted molar refractivity (Wildman–Crippen MR) is 50.8 cm³/mol. The summed E-state index contributed by atoms with van der Waals surface area (Å²) in [7, 11) is -3.26. The van der Waals surface area contributed by atoms with Crippen LogP contribution in [0.3, 0.4) is 0 Å². The van der Waals surface area contributed by atoms with Gasteiger partial charge in [0.2, 0.25) is 10.0 Å². The molecule has 0 spiro atoms. The van der Waals surface area contributed by atoms with E-state index in [0.29, 0.717) is 0 Å². The summed E-state index contributed by atoms with van der Waals surface area (Å²) in [6.07, 6.45) is -3.41. The molecule has 0 aromatic heterocycles. The van der Waals surface area contributed by atoms with Crippen molar-refractivity contribution in [1.29, 1.82) is 0 Å². The Hall–Kier alpha value is -0.990. The summed E-state index contributed by atoms with van der Waals surface area (Å²) < 4.78 is 23.3. The molecule has 0 saturated carbocycles. The fourth-order valence-electron chi connectivity index (χ4n) is 0.912. The van der Waals surface area contributed by atoms with E-state index in [4.69, 9.17) is 15.3 Å². The quantitative estimate of drug-likeness (QED) is 0.575. The highest BCUT2D eigenvalue weighted by molar-refractivity contribution is 7.89. The Morgan fingerprint density at radius 1 is 1.13 bits per heavy atom. The van der Waals surface area contributed by atoms with Gasteiger partial charge in [-0.3, -0.25) is 0 Å². The molecule has 15 heavy (non-hydrogen) atoms. The zero-order chi connectivity index (χ0) is 11.7. The Morgan fingerprint density at radius 3 is 2.00 bits per heavy atom. The van der Waals surface area contributed by atoms with Crippen molar-refractivity contribution >= 4 is 10.0 Å². The van der Waals surface area contributed by atoms with Gasteiger partial charge in [-0.25, -0.2) is 8.42 Å². The molecule has 1 rings (SSSR count). The average molecular weight is 233 g/mol. The summed E-state index contributed by atoms with van der Waals surface area (Å²) in [4.78, 5) is -0.144. The summed E-state index contributed by atoms with van der Waals surface area (Å²) in [5.74, 6) is 0. The zero-order valence-electron chi connectivity index (χ0n) is 7.90. The fourth-order valence-corrected chi connectivity index (χ4v) is 2.05. The Balaban J connectivity index is 3.16. The third kappa shape index (κ3) is 2.52. The number of hydrogen-bond acceptors (Lipinski definition) is 5. The van der Waals surface area contributed by atoms with Gasteiger partial charge in [-0.2, -0.15) is 0 Å². The van der Waals surface area contributed by atoms with Gasteiger partial charge >= 0.3 is 6.10 Å². The molecule has 0 fully saturated rings. The number of benzene rings is 1. The Kier molecular flexibility index (Phi) is 3.12. The molecule has 84 valence electrons. The molecule has 0 heterocycles. The van der Waals surface area contributed by atoms with Crippen LogP contribution in [0.15, 0.2) is 35.2 Å². The van der Waals surface area contributed by atoms with Crippen molar-refractivity contribution < 1.29 is 23.7 Å². The van der Waals surface area contributed by atoms with Crippen molar-refractivity contribution in [3.8, 4) is 0 Å². The lowest BCUT2D eigenvalue weighted by Crippen LogP contribution is -2.49. The van der Waals surface area contributed by atoms with Gasteiger partial charge in [0.1, 0.15) is 0 Å². The van der Waals surface area contributed by atoms with Gasteiger partial charge in [-0.1, -0.05) is 18.2 Å². The normalized spacial score (nSPS) is 13.1. The Labute approximate surface area is 87.1 Å². The van der Waals surface area contributed by atoms with Gasteiger partial charge in [0.05, 0.1) is 4.90 Å². The van der Waals surface area contributed by atoms with Crippen LogP contribution in [-0.4, -0.2) is 41.2 Å². The number of nitrogens with zero attached hydrogens (tertiary/aromatic N) is 1. The number of hydrogen-bond donors (Lipinski definition) is 3. The van der Waals surface area contributed by atoms with Crippen LogP contribution in [0.2, 0.25) is 0 Å². The zero-order valence-corrected chi connectivity index (χ0v) is 8.72. The largest absolute Gasteiger partial charge is 0.359 e. The highest BCUT2D eigenvalue weighted by Crippen LogP contribution is 2.17. The van der Waals surface area contributed by atoms with Gasteiger partial charge < -0.3 is 15.3 Å². The van der Waals surface area contributed by atoms with Crippen molar-refractivity contribution in [3.05, 3.63) is 30.3 Å². The van der Waals surface area contributed by atoms with Crippen molar-refractivity contribution in [2.45, 2.75) is 11.0 Å². The standard InChI is InChI=1S/C8H11NO5S/c1-9(8(10,11)12)15(13,14)7-5-3-2-4-6-7/h2-6,10-12H,1H3. The molecule has 0 saturated heterocycles. The molecule has 0 aliphatic carbocycles. The SMILES string of the molecule is CN(C(O)(O)O)S(=O)(=O)c1ccccc1. The first kappa shape index (κ1) is 12.1. The summed E-state index contributed by atoms with van der Waals surface area (Å²) in [5, 5.41) is 26.2. The molecule has 0 atom stereocenters. The van der Waals surface area contributed by atoms with Gasteiger partial charge in [0, 0.05) is 7.05 Å². The molecule has 0 radical (unpaired) electrons. The lowest BCUT2D eigenvalue weighted by Gasteiger charge is -2.25. The van der Waals surface area contributed by atoms with E-state index in [-0.39, 0.29) is 9.20 Å². The molecule has 0 bridgehead atoms. The monoisotopic (exact) mass is 233 g/mol. The molecule has 0 unspecified atom stereocenters. The maximum absolute atomic E-state index is 11.6. The van der Waals surface area contributed by atoms with Crippen LogP contribution in [-0.2, 0) is 10.0 Å². The lowest BCUT2D eigenvalue weighted by atomic mass is 10.4. The molecule has 6 nitrogen and oxygen atoms in total. The van der Waals surface area contributed by atoms with E-state index in [1.807, 2.05) is 0 Å². The van der Waals surface area contributed by atoms with Crippen LogP contribution in [0, 0.1) is 0 Å². The second-order valence-corrected chi connectivity index (χ2v) is 4.85. The minimum Gasteiger partial charge on any atom is -0.329 e. The molecule has 1 aromatic rings. The summed E-state index contributed by atoms with van der Waals surface area (Å²) in [6, 6.07) is 7.13. The first-order valence-corrected chi connectivity index (χ1v) is 5.41. The van der Waals surface area contributed by atoms with E-state index in [1.165, 1.54) is 24.3 Å². The number of rotatable bonds is 3. The molecule has 7 heteroatoms. The number of sulfonamides is 1. The molecule has 3 N–H and O–H groups in total. The maximum Gasteiger partial charge on any atom is 0.359 e. The van der Waals surface area contributed by atoms with Crippen molar-refractivity contribution in [3.63, 3.8) is 0 Å². The third-order valence-corrected chi connectivity index (χ3v) is 3.66. The van der Waals surface area contributed by atoms with E-state index >= 15 is 0 Å².